The number of nitrogens with one attached hydrogen (secondary N) is 2. The van der Waals surface area contributed by atoms with Gasteiger partial charge in [-0.25, -0.2) is 14.4 Å². The van der Waals surface area contributed by atoms with E-state index in [9.17, 15) is 52.8 Å². The van der Waals surface area contributed by atoms with Crippen molar-refractivity contribution < 1.29 is 72.2 Å². The molecule has 2 aliphatic rings. The molecule has 278 valence electrons. The number of hydrogen-bond acceptors (Lipinski definition) is 12. The standard InChI is InChI=1S/C33H34N2O10.C2HF3O2/c36-21-11-9-19(10-12-21)31(41)35-23-15-34-16-27(23)45-32(42)20-13-25(38)29(26(39)14-20)30(40)28-22(7-4-8-24(28)37)33(43)44-17-18-5-2-1-3-6-18;3-2(4,5)1(6)7/h4,7-14,18,23,27,34,36-39H,1-3,5-6,15-17H2,(H,35,41);(H,6,7)/t23-,27-;/m0./s1. The number of esters is 2. The van der Waals surface area contributed by atoms with Crippen LogP contribution in [0.5, 0.6) is 23.0 Å². The molecule has 1 amide bonds. The quantitative estimate of drug-likeness (QED) is 0.122. The highest BCUT2D eigenvalue weighted by molar-refractivity contribution is 6.18. The minimum absolute atomic E-state index is 0.00786. The number of aliphatic carboxylic acids is 1. The Morgan fingerprint density at radius 3 is 2.00 bits per heavy atom. The van der Waals surface area contributed by atoms with Crippen LogP contribution in [0.25, 0.3) is 0 Å². The summed E-state index contributed by atoms with van der Waals surface area (Å²) in [6, 6.07) is 10.8. The van der Waals surface area contributed by atoms with Crippen LogP contribution in [0.2, 0.25) is 0 Å². The average molecular weight is 733 g/mol. The van der Waals surface area contributed by atoms with Gasteiger partial charge >= 0.3 is 24.1 Å². The van der Waals surface area contributed by atoms with E-state index in [1.807, 2.05) is 0 Å². The van der Waals surface area contributed by atoms with E-state index in [-0.39, 0.29) is 35.9 Å². The molecule has 0 aromatic heterocycles. The topological polar surface area (TPSA) is 229 Å². The molecule has 0 radical (unpaired) electrons. The molecule has 2 fully saturated rings. The number of carboxylic acids is 1. The van der Waals surface area contributed by atoms with Crippen LogP contribution in [0, 0.1) is 5.92 Å². The highest BCUT2D eigenvalue weighted by atomic mass is 19.4. The van der Waals surface area contributed by atoms with Gasteiger partial charge < -0.3 is 45.6 Å². The van der Waals surface area contributed by atoms with Crippen molar-refractivity contribution in [3.63, 3.8) is 0 Å². The van der Waals surface area contributed by atoms with Crippen LogP contribution in [0.15, 0.2) is 54.6 Å². The van der Waals surface area contributed by atoms with Gasteiger partial charge in [0.15, 0.2) is 0 Å². The van der Waals surface area contributed by atoms with E-state index >= 15 is 0 Å². The minimum atomic E-state index is -5.08. The number of ether oxygens (including phenoxy) is 2. The molecule has 0 bridgehead atoms. The zero-order valence-corrected chi connectivity index (χ0v) is 27.3. The molecule has 1 heterocycles. The smallest absolute Gasteiger partial charge is 0.490 e. The molecule has 52 heavy (non-hydrogen) atoms. The first kappa shape index (κ1) is 39.0. The van der Waals surface area contributed by atoms with Crippen molar-refractivity contribution in [1.82, 2.24) is 10.6 Å². The lowest BCUT2D eigenvalue weighted by atomic mass is 9.90. The number of aromatic hydroxyl groups is 4. The van der Waals surface area contributed by atoms with Gasteiger partial charge in [-0.05, 0) is 67.3 Å². The Labute approximate surface area is 293 Å². The fourth-order valence-corrected chi connectivity index (χ4v) is 5.65. The summed E-state index contributed by atoms with van der Waals surface area (Å²) in [6.45, 7) is 0.693. The molecule has 14 nitrogen and oxygen atoms in total. The van der Waals surface area contributed by atoms with E-state index in [0.29, 0.717) is 12.1 Å². The van der Waals surface area contributed by atoms with E-state index in [2.05, 4.69) is 10.6 Å². The molecule has 3 aromatic carbocycles. The Hall–Kier alpha value is -5.84. The van der Waals surface area contributed by atoms with Gasteiger partial charge in [-0.2, -0.15) is 13.2 Å². The number of carbonyl (C=O) groups is 5. The van der Waals surface area contributed by atoms with Gasteiger partial charge in [0.1, 0.15) is 34.7 Å². The Bertz CT molecular complexity index is 1780. The largest absolute Gasteiger partial charge is 0.508 e. The van der Waals surface area contributed by atoms with Gasteiger partial charge in [0.2, 0.25) is 5.78 Å². The normalized spacial score (nSPS) is 17.3. The average Bonchev–Trinajstić information content (AvgIpc) is 3.53. The molecular weight excluding hydrogens is 697 g/mol. The summed E-state index contributed by atoms with van der Waals surface area (Å²) >= 11 is 0. The molecule has 5 rings (SSSR count). The summed E-state index contributed by atoms with van der Waals surface area (Å²) in [5.41, 5.74) is -1.30. The van der Waals surface area contributed by atoms with Crippen molar-refractivity contribution >= 4 is 29.6 Å². The van der Waals surface area contributed by atoms with Crippen LogP contribution in [-0.2, 0) is 14.3 Å². The van der Waals surface area contributed by atoms with Crippen LogP contribution < -0.4 is 10.6 Å². The first-order valence-corrected chi connectivity index (χ1v) is 16.0. The monoisotopic (exact) mass is 732 g/mol. The van der Waals surface area contributed by atoms with Crippen molar-refractivity contribution in [3.8, 4) is 23.0 Å². The predicted octanol–water partition coefficient (Wildman–Crippen LogP) is 4.04. The first-order valence-electron chi connectivity index (χ1n) is 16.0. The SMILES string of the molecule is O=C(N[C@H]1CNC[C@@H]1OC(=O)c1cc(O)c(C(=O)c2c(O)cccc2C(=O)OCC2CCCCC2)c(O)c1)c1ccc(O)cc1.O=C(O)C(F)(F)F. The van der Waals surface area contributed by atoms with Crippen LogP contribution >= 0.6 is 0 Å². The summed E-state index contributed by atoms with van der Waals surface area (Å²) < 4.78 is 42.7. The maximum atomic E-state index is 13.5. The second-order valence-electron chi connectivity index (χ2n) is 12.1. The molecule has 0 spiro atoms. The van der Waals surface area contributed by atoms with Crippen LogP contribution in [-0.4, -0.2) is 93.1 Å². The van der Waals surface area contributed by atoms with Crippen molar-refractivity contribution in [2.75, 3.05) is 19.7 Å². The fraction of sp³-hybridized carbons (Fsp3) is 0.343. The molecule has 0 unspecified atom stereocenters. The molecule has 7 N–H and O–H groups in total. The Morgan fingerprint density at radius 2 is 1.40 bits per heavy atom. The van der Waals surface area contributed by atoms with E-state index in [0.717, 1.165) is 44.2 Å². The molecule has 17 heteroatoms. The maximum Gasteiger partial charge on any atom is 0.490 e. The van der Waals surface area contributed by atoms with E-state index in [4.69, 9.17) is 19.4 Å². The highest BCUT2D eigenvalue weighted by Crippen LogP contribution is 2.35. The summed E-state index contributed by atoms with van der Waals surface area (Å²) in [5, 5.41) is 54.4. The predicted molar refractivity (Wildman–Crippen MR) is 173 cm³/mol. The Kier molecular flexibility index (Phi) is 12.7. The number of phenols is 4. The van der Waals surface area contributed by atoms with E-state index < -0.39 is 76.3 Å². The number of carboxylic acid groups (broad SMARTS) is 1. The first-order chi connectivity index (χ1) is 24.6. The van der Waals surface area contributed by atoms with Crippen molar-refractivity contribution in [2.24, 2.45) is 5.92 Å². The number of amides is 1. The van der Waals surface area contributed by atoms with Gasteiger partial charge in [0, 0.05) is 18.7 Å². The van der Waals surface area contributed by atoms with Crippen molar-refractivity contribution in [2.45, 2.75) is 50.4 Å². The third-order valence-electron chi connectivity index (χ3n) is 8.33. The number of benzene rings is 3. The lowest BCUT2D eigenvalue weighted by molar-refractivity contribution is -0.192. The number of rotatable bonds is 9. The molecule has 1 saturated heterocycles. The highest BCUT2D eigenvalue weighted by Gasteiger charge is 2.38. The van der Waals surface area contributed by atoms with Gasteiger partial charge in [-0.15, -0.1) is 0 Å². The summed E-state index contributed by atoms with van der Waals surface area (Å²) in [4.78, 5) is 61.0. The summed E-state index contributed by atoms with van der Waals surface area (Å²) in [5.74, 6) is -7.90. The number of ketones is 1. The Morgan fingerprint density at radius 1 is 0.788 bits per heavy atom. The maximum absolute atomic E-state index is 13.5. The van der Waals surface area contributed by atoms with Gasteiger partial charge in [-0.1, -0.05) is 25.3 Å². The van der Waals surface area contributed by atoms with Crippen molar-refractivity contribution in [3.05, 3.63) is 82.4 Å². The summed E-state index contributed by atoms with van der Waals surface area (Å²) in [7, 11) is 0. The molecule has 1 aliphatic heterocycles. The zero-order valence-electron chi connectivity index (χ0n) is 27.3. The second kappa shape index (κ2) is 16.9. The zero-order chi connectivity index (χ0) is 38.2. The number of halogens is 3. The fourth-order valence-electron chi connectivity index (χ4n) is 5.65. The number of alkyl halides is 3. The van der Waals surface area contributed by atoms with Gasteiger partial charge in [0.25, 0.3) is 5.91 Å². The van der Waals surface area contributed by atoms with Gasteiger partial charge in [0.05, 0.1) is 29.3 Å². The van der Waals surface area contributed by atoms with Crippen LogP contribution in [0.3, 0.4) is 0 Å². The van der Waals surface area contributed by atoms with Gasteiger partial charge in [-0.3, -0.25) is 9.59 Å². The lowest BCUT2D eigenvalue weighted by Gasteiger charge is -2.21. The molecule has 2 atom stereocenters. The second-order valence-corrected chi connectivity index (χ2v) is 12.1. The van der Waals surface area contributed by atoms with Crippen molar-refractivity contribution in [1.29, 1.82) is 0 Å². The Balaban J connectivity index is 0.000000785. The third-order valence-corrected chi connectivity index (χ3v) is 8.33. The van der Waals surface area contributed by atoms with Crippen LogP contribution in [0.4, 0.5) is 13.2 Å². The molecule has 3 aromatic rings. The lowest BCUT2D eigenvalue weighted by Crippen LogP contribution is -2.44. The third kappa shape index (κ3) is 9.90. The number of carbonyl (C=O) groups excluding carboxylic acids is 4. The van der Waals surface area contributed by atoms with E-state index in [1.54, 1.807) is 0 Å². The molecular formula is C35H35F3N2O12. The minimum Gasteiger partial charge on any atom is -0.508 e. The molecule has 1 aliphatic carbocycles. The number of hydrogen-bond donors (Lipinski definition) is 7. The van der Waals surface area contributed by atoms with Crippen LogP contribution in [0.1, 0.15) is 79.1 Å². The molecule has 1 saturated carbocycles. The summed E-state index contributed by atoms with van der Waals surface area (Å²) in [6.07, 6.45) is -0.777. The van der Waals surface area contributed by atoms with E-state index in [1.165, 1.54) is 42.5 Å². The number of phenolic OH excluding ortho intramolecular Hbond substituents is 4.